The Hall–Kier alpha value is -3.53. The van der Waals surface area contributed by atoms with Gasteiger partial charge in [-0.1, -0.05) is 43.9 Å². The molecule has 5 rings (SSSR count). The fourth-order valence-electron chi connectivity index (χ4n) is 5.10. The van der Waals surface area contributed by atoms with Gasteiger partial charge in [0.25, 0.3) is 10.0 Å². The summed E-state index contributed by atoms with van der Waals surface area (Å²) in [5.74, 6) is 1.31. The molecule has 2 heterocycles. The highest BCUT2D eigenvalue weighted by Crippen LogP contribution is 2.29. The third-order valence-corrected chi connectivity index (χ3v) is 8.85. The van der Waals surface area contributed by atoms with Gasteiger partial charge in [-0.2, -0.15) is 0 Å². The maximum Gasteiger partial charge on any atom is 0.261 e. The molecule has 210 valence electrons. The summed E-state index contributed by atoms with van der Waals surface area (Å²) in [4.78, 5) is 8.80. The predicted octanol–water partition coefficient (Wildman–Crippen LogP) is 5.53. The summed E-state index contributed by atoms with van der Waals surface area (Å²) in [5.41, 5.74) is 4.02. The first-order valence-electron chi connectivity index (χ1n) is 13.9. The lowest BCUT2D eigenvalue weighted by molar-refractivity contribution is 0.174. The minimum Gasteiger partial charge on any atom is -0.444 e. The normalized spacial score (nSPS) is 14.8. The fourth-order valence-corrected chi connectivity index (χ4v) is 6.16. The number of sulfonamides is 1. The molecule has 40 heavy (non-hydrogen) atoms. The van der Waals surface area contributed by atoms with Crippen LogP contribution in [-0.2, 0) is 22.9 Å². The molecule has 0 spiro atoms. The summed E-state index contributed by atoms with van der Waals surface area (Å²) < 4.78 is 34.2. The van der Waals surface area contributed by atoms with Gasteiger partial charge in [0.05, 0.1) is 16.7 Å². The second-order valence-corrected chi connectivity index (χ2v) is 12.1. The molecule has 1 atom stereocenters. The van der Waals surface area contributed by atoms with Crippen LogP contribution >= 0.6 is 0 Å². The Kier molecular flexibility index (Phi) is 9.26. The van der Waals surface area contributed by atoms with Gasteiger partial charge in [-0.15, -0.1) is 0 Å². The van der Waals surface area contributed by atoms with Crippen LogP contribution in [0.5, 0.6) is 0 Å². The highest BCUT2D eigenvalue weighted by molar-refractivity contribution is 7.92. The van der Waals surface area contributed by atoms with Gasteiger partial charge >= 0.3 is 0 Å². The summed E-state index contributed by atoms with van der Waals surface area (Å²) in [6.45, 7) is 1.11. The van der Waals surface area contributed by atoms with Gasteiger partial charge in [0.1, 0.15) is 6.26 Å². The molecule has 1 saturated carbocycles. The molecule has 2 aromatic carbocycles. The van der Waals surface area contributed by atoms with E-state index in [0.717, 1.165) is 47.6 Å². The van der Waals surface area contributed by atoms with Crippen molar-refractivity contribution in [2.75, 3.05) is 17.8 Å². The highest BCUT2D eigenvalue weighted by atomic mass is 32.2. The van der Waals surface area contributed by atoms with Gasteiger partial charge in [0, 0.05) is 35.8 Å². The fraction of sp³-hybridized carbons (Fsp3) is 0.355. The average molecular weight is 561 g/mol. The van der Waals surface area contributed by atoms with Crippen molar-refractivity contribution in [1.82, 2.24) is 15.3 Å². The minimum absolute atomic E-state index is 0.171. The SMILES string of the molecule is O=S(=O)(Nc1ccc(CCNC[C@@H](O)c2cccnc2)cc1)c1ccc(-c2nc(CCC3CCCC3)co2)cc1. The molecule has 1 aliphatic rings. The molecule has 3 N–H and O–H groups in total. The number of hydrogen-bond donors (Lipinski definition) is 3. The second kappa shape index (κ2) is 13.2. The molecule has 9 heteroatoms. The zero-order valence-corrected chi connectivity index (χ0v) is 23.3. The van der Waals surface area contributed by atoms with E-state index in [2.05, 4.69) is 20.0 Å². The Morgan fingerprint density at radius 3 is 2.50 bits per heavy atom. The van der Waals surface area contributed by atoms with Gasteiger partial charge in [0.15, 0.2) is 0 Å². The van der Waals surface area contributed by atoms with Crippen LogP contribution in [0, 0.1) is 5.92 Å². The number of anilines is 1. The molecule has 8 nitrogen and oxygen atoms in total. The molecule has 2 aromatic heterocycles. The van der Waals surface area contributed by atoms with Crippen LogP contribution < -0.4 is 10.0 Å². The monoisotopic (exact) mass is 560 g/mol. The maximum atomic E-state index is 13.0. The number of oxazole rings is 1. The Labute approximate surface area is 235 Å². The van der Waals surface area contributed by atoms with E-state index < -0.39 is 16.1 Å². The molecule has 0 unspecified atom stereocenters. The number of nitrogens with zero attached hydrogens (tertiary/aromatic N) is 2. The Morgan fingerprint density at radius 2 is 1.77 bits per heavy atom. The zero-order valence-electron chi connectivity index (χ0n) is 22.5. The van der Waals surface area contributed by atoms with Crippen molar-refractivity contribution >= 4 is 15.7 Å². The number of aromatic nitrogens is 2. The van der Waals surface area contributed by atoms with Gasteiger partial charge < -0.3 is 14.8 Å². The third kappa shape index (κ3) is 7.56. The van der Waals surface area contributed by atoms with E-state index in [4.69, 9.17) is 4.42 Å². The minimum atomic E-state index is -3.74. The Balaban J connectivity index is 1.10. The van der Waals surface area contributed by atoms with E-state index in [1.165, 1.54) is 25.7 Å². The van der Waals surface area contributed by atoms with Gasteiger partial charge in [0.2, 0.25) is 5.89 Å². The average Bonchev–Trinajstić information content (AvgIpc) is 3.68. The summed E-state index contributed by atoms with van der Waals surface area (Å²) in [5, 5.41) is 13.4. The van der Waals surface area contributed by atoms with Crippen molar-refractivity contribution in [2.45, 2.75) is 55.9 Å². The lowest BCUT2D eigenvalue weighted by atomic mass is 10.0. The van der Waals surface area contributed by atoms with Crippen molar-refractivity contribution < 1.29 is 17.9 Å². The topological polar surface area (TPSA) is 117 Å². The molecule has 0 radical (unpaired) electrons. The Morgan fingerprint density at radius 1 is 1.00 bits per heavy atom. The first kappa shape index (κ1) is 28.0. The van der Waals surface area contributed by atoms with E-state index in [-0.39, 0.29) is 4.90 Å². The first-order valence-corrected chi connectivity index (χ1v) is 15.4. The zero-order chi connectivity index (χ0) is 27.8. The van der Waals surface area contributed by atoms with E-state index in [1.807, 2.05) is 18.2 Å². The molecule has 0 bridgehead atoms. The van der Waals surface area contributed by atoms with E-state index in [0.29, 0.717) is 24.7 Å². The number of benzene rings is 2. The van der Waals surface area contributed by atoms with Gasteiger partial charge in [-0.3, -0.25) is 9.71 Å². The smallest absolute Gasteiger partial charge is 0.261 e. The lowest BCUT2D eigenvalue weighted by Gasteiger charge is -2.12. The van der Waals surface area contributed by atoms with Crippen LogP contribution in [0.25, 0.3) is 11.5 Å². The van der Waals surface area contributed by atoms with Crippen LogP contribution in [-0.4, -0.2) is 36.6 Å². The van der Waals surface area contributed by atoms with E-state index in [9.17, 15) is 13.5 Å². The molecule has 0 amide bonds. The summed E-state index contributed by atoms with van der Waals surface area (Å²) in [6.07, 6.45) is 12.5. The van der Waals surface area contributed by atoms with Crippen molar-refractivity contribution in [3.8, 4) is 11.5 Å². The van der Waals surface area contributed by atoms with E-state index >= 15 is 0 Å². The molecule has 1 fully saturated rings. The van der Waals surface area contributed by atoms with Gasteiger partial charge in [-0.25, -0.2) is 13.4 Å². The quantitative estimate of drug-likeness (QED) is 0.184. The number of hydrogen-bond acceptors (Lipinski definition) is 7. The van der Waals surface area contributed by atoms with Crippen LogP contribution in [0.3, 0.4) is 0 Å². The maximum absolute atomic E-state index is 13.0. The van der Waals surface area contributed by atoms with Crippen molar-refractivity contribution in [3.63, 3.8) is 0 Å². The standard InChI is InChI=1S/C31H36N4O4S/c36-30(26-6-3-18-32-20-26)21-33-19-17-24-7-12-27(13-8-24)35-40(37,38)29-15-10-25(11-16-29)31-34-28(22-39-31)14-9-23-4-1-2-5-23/h3,6-8,10-13,15-16,18,20,22-23,30,33,35-36H,1-2,4-5,9,14,17,19,21H2/t30-/m1/s1. The number of aliphatic hydroxyl groups is 1. The summed E-state index contributed by atoms with van der Waals surface area (Å²) in [6, 6.07) is 17.5. The number of rotatable bonds is 13. The molecule has 4 aromatic rings. The van der Waals surface area contributed by atoms with E-state index in [1.54, 1.807) is 61.1 Å². The Bertz CT molecular complexity index is 1450. The molecule has 0 saturated heterocycles. The summed E-state index contributed by atoms with van der Waals surface area (Å²) >= 11 is 0. The largest absolute Gasteiger partial charge is 0.444 e. The molecular weight excluding hydrogens is 524 g/mol. The number of nitrogens with one attached hydrogen (secondary N) is 2. The molecular formula is C31H36N4O4S. The third-order valence-electron chi connectivity index (χ3n) is 7.45. The summed E-state index contributed by atoms with van der Waals surface area (Å²) in [7, 11) is -3.74. The molecule has 1 aliphatic carbocycles. The predicted molar refractivity (Wildman–Crippen MR) is 155 cm³/mol. The number of aliphatic hydroxyl groups excluding tert-OH is 1. The highest BCUT2D eigenvalue weighted by Gasteiger charge is 2.17. The van der Waals surface area contributed by atoms with Crippen LogP contribution in [0.15, 0.2) is 88.6 Å². The number of aryl methyl sites for hydroxylation is 1. The lowest BCUT2D eigenvalue weighted by Crippen LogP contribution is -2.23. The second-order valence-electron chi connectivity index (χ2n) is 10.4. The first-order chi connectivity index (χ1) is 19.5. The number of pyridine rings is 1. The van der Waals surface area contributed by atoms with Crippen LogP contribution in [0.4, 0.5) is 5.69 Å². The van der Waals surface area contributed by atoms with Crippen LogP contribution in [0.2, 0.25) is 0 Å². The van der Waals surface area contributed by atoms with Crippen LogP contribution in [0.1, 0.15) is 55.0 Å². The van der Waals surface area contributed by atoms with Crippen molar-refractivity contribution in [2.24, 2.45) is 5.92 Å². The molecule has 0 aliphatic heterocycles. The van der Waals surface area contributed by atoms with Crippen molar-refractivity contribution in [1.29, 1.82) is 0 Å². The van der Waals surface area contributed by atoms with Crippen molar-refractivity contribution in [3.05, 3.63) is 96.1 Å². The van der Waals surface area contributed by atoms with Gasteiger partial charge in [-0.05, 0) is 79.8 Å².